The van der Waals surface area contributed by atoms with Gasteiger partial charge in [0.05, 0.1) is 18.6 Å². The minimum Gasteiger partial charge on any atom is -0.497 e. The molecule has 178 valence electrons. The van der Waals surface area contributed by atoms with Crippen molar-refractivity contribution in [2.24, 2.45) is 0 Å². The van der Waals surface area contributed by atoms with Gasteiger partial charge in [0.1, 0.15) is 5.75 Å². The summed E-state index contributed by atoms with van der Waals surface area (Å²) in [6.07, 6.45) is 0. The molecule has 2 amide bonds. The highest BCUT2D eigenvalue weighted by atomic mass is 32.2. The molecule has 0 radical (unpaired) electrons. The molecule has 10 heteroatoms. The van der Waals surface area contributed by atoms with E-state index in [4.69, 9.17) is 4.74 Å². The van der Waals surface area contributed by atoms with Crippen LogP contribution >= 0.6 is 0 Å². The number of hydrogen-bond donors (Lipinski definition) is 4. The van der Waals surface area contributed by atoms with Gasteiger partial charge < -0.3 is 10.1 Å². The zero-order chi connectivity index (χ0) is 24.7. The SMILES string of the molecule is COc1ccc(NCC(=O)NNC(=O)c2ccc(NS(=O)(=O)c3cc(C)ccc3C)cc2)cc1. The number of rotatable bonds is 8. The summed E-state index contributed by atoms with van der Waals surface area (Å²) in [6.45, 7) is 3.49. The molecule has 0 saturated carbocycles. The fourth-order valence-corrected chi connectivity index (χ4v) is 4.42. The second-order valence-corrected chi connectivity index (χ2v) is 9.19. The zero-order valence-electron chi connectivity index (χ0n) is 19.0. The van der Waals surface area contributed by atoms with Crippen LogP contribution in [0.4, 0.5) is 11.4 Å². The van der Waals surface area contributed by atoms with E-state index in [2.05, 4.69) is 20.9 Å². The topological polar surface area (TPSA) is 126 Å². The van der Waals surface area contributed by atoms with E-state index in [1.54, 1.807) is 50.4 Å². The predicted octanol–water partition coefficient (Wildman–Crippen LogP) is 2.99. The minimum atomic E-state index is -3.78. The van der Waals surface area contributed by atoms with E-state index in [1.807, 2.05) is 13.0 Å². The number of sulfonamides is 1. The van der Waals surface area contributed by atoms with Crippen LogP contribution in [-0.4, -0.2) is 33.9 Å². The molecule has 0 saturated heterocycles. The number of aryl methyl sites for hydroxylation is 2. The summed E-state index contributed by atoms with van der Waals surface area (Å²) in [6, 6.07) is 18.1. The van der Waals surface area contributed by atoms with Gasteiger partial charge in [-0.3, -0.25) is 25.2 Å². The van der Waals surface area contributed by atoms with E-state index in [1.165, 1.54) is 24.3 Å². The second-order valence-electron chi connectivity index (χ2n) is 7.54. The Hall–Kier alpha value is -4.05. The summed E-state index contributed by atoms with van der Waals surface area (Å²) in [7, 11) is -2.21. The highest BCUT2D eigenvalue weighted by Crippen LogP contribution is 2.21. The van der Waals surface area contributed by atoms with Crippen molar-refractivity contribution in [1.82, 2.24) is 10.9 Å². The Kier molecular flexibility index (Phi) is 7.75. The molecule has 0 aromatic heterocycles. The first kappa shape index (κ1) is 24.6. The van der Waals surface area contributed by atoms with E-state index in [-0.39, 0.29) is 17.0 Å². The van der Waals surface area contributed by atoms with Crippen molar-refractivity contribution in [2.45, 2.75) is 18.7 Å². The summed E-state index contributed by atoms with van der Waals surface area (Å²) in [4.78, 5) is 24.5. The zero-order valence-corrected chi connectivity index (χ0v) is 19.8. The van der Waals surface area contributed by atoms with Crippen LogP contribution in [-0.2, 0) is 14.8 Å². The largest absolute Gasteiger partial charge is 0.497 e. The smallest absolute Gasteiger partial charge is 0.269 e. The molecule has 0 aliphatic rings. The number of carbonyl (C=O) groups excluding carboxylic acids is 2. The van der Waals surface area contributed by atoms with Gasteiger partial charge in [0.25, 0.3) is 21.8 Å². The fourth-order valence-electron chi connectivity index (χ4n) is 3.03. The molecular formula is C24H26N4O5S. The van der Waals surface area contributed by atoms with Gasteiger partial charge in [0, 0.05) is 16.9 Å². The van der Waals surface area contributed by atoms with Gasteiger partial charge in [-0.2, -0.15) is 0 Å². The molecule has 0 unspecified atom stereocenters. The maximum atomic E-state index is 12.7. The van der Waals surface area contributed by atoms with E-state index in [0.29, 0.717) is 17.0 Å². The number of amides is 2. The lowest BCUT2D eigenvalue weighted by atomic mass is 10.2. The molecule has 3 aromatic carbocycles. The number of methoxy groups -OCH3 is 1. The standard InChI is InChI=1S/C24H26N4O5S/c1-16-4-5-17(2)22(14-16)34(31,32)28-20-8-6-18(7-9-20)24(30)27-26-23(29)15-25-19-10-12-21(33-3)13-11-19/h4-14,25,28H,15H2,1-3H3,(H,26,29)(H,27,30). The molecule has 9 nitrogen and oxygen atoms in total. The number of nitrogens with one attached hydrogen (secondary N) is 4. The lowest BCUT2D eigenvalue weighted by Gasteiger charge is -2.12. The highest BCUT2D eigenvalue weighted by molar-refractivity contribution is 7.92. The first-order valence-corrected chi connectivity index (χ1v) is 11.8. The van der Waals surface area contributed by atoms with Crippen molar-refractivity contribution >= 4 is 33.2 Å². The maximum Gasteiger partial charge on any atom is 0.269 e. The van der Waals surface area contributed by atoms with Gasteiger partial charge in [0.15, 0.2) is 0 Å². The average molecular weight is 483 g/mol. The van der Waals surface area contributed by atoms with Crippen molar-refractivity contribution in [2.75, 3.05) is 23.7 Å². The van der Waals surface area contributed by atoms with Crippen LogP contribution in [0.1, 0.15) is 21.5 Å². The summed E-state index contributed by atoms with van der Waals surface area (Å²) in [5.41, 5.74) is 7.39. The summed E-state index contributed by atoms with van der Waals surface area (Å²) >= 11 is 0. The number of anilines is 2. The Bertz CT molecular complexity index is 1270. The van der Waals surface area contributed by atoms with E-state index in [9.17, 15) is 18.0 Å². The monoisotopic (exact) mass is 482 g/mol. The third-order valence-corrected chi connectivity index (χ3v) is 6.41. The summed E-state index contributed by atoms with van der Waals surface area (Å²) in [5.74, 6) is -0.282. The van der Waals surface area contributed by atoms with Crippen LogP contribution in [0.5, 0.6) is 5.75 Å². The lowest BCUT2D eigenvalue weighted by molar-refractivity contribution is -0.120. The molecule has 34 heavy (non-hydrogen) atoms. The van der Waals surface area contributed by atoms with Crippen LogP contribution < -0.4 is 25.6 Å². The first-order chi connectivity index (χ1) is 16.2. The maximum absolute atomic E-state index is 12.7. The van der Waals surface area contributed by atoms with Crippen molar-refractivity contribution in [3.05, 3.63) is 83.4 Å². The quantitative estimate of drug-likeness (QED) is 0.366. The molecule has 0 fully saturated rings. The third kappa shape index (κ3) is 6.48. The van der Waals surface area contributed by atoms with Crippen molar-refractivity contribution in [3.8, 4) is 5.75 Å². The molecule has 4 N–H and O–H groups in total. The van der Waals surface area contributed by atoms with Crippen LogP contribution in [0.3, 0.4) is 0 Å². The Morgan fingerprint density at radius 3 is 2.15 bits per heavy atom. The van der Waals surface area contributed by atoms with Gasteiger partial charge in [0.2, 0.25) is 0 Å². The lowest BCUT2D eigenvalue weighted by Crippen LogP contribution is -2.44. The van der Waals surface area contributed by atoms with E-state index < -0.39 is 21.8 Å². The Morgan fingerprint density at radius 1 is 0.853 bits per heavy atom. The summed E-state index contributed by atoms with van der Waals surface area (Å²) in [5, 5.41) is 2.93. The highest BCUT2D eigenvalue weighted by Gasteiger charge is 2.17. The molecular weight excluding hydrogens is 456 g/mol. The Balaban J connectivity index is 1.52. The molecule has 0 aliphatic heterocycles. The van der Waals surface area contributed by atoms with Crippen LogP contribution in [0.2, 0.25) is 0 Å². The van der Waals surface area contributed by atoms with Crippen molar-refractivity contribution in [1.29, 1.82) is 0 Å². The molecule has 3 rings (SSSR count). The molecule has 0 bridgehead atoms. The molecule has 0 heterocycles. The molecule has 0 aliphatic carbocycles. The number of ether oxygens (including phenoxy) is 1. The first-order valence-electron chi connectivity index (χ1n) is 10.4. The van der Waals surface area contributed by atoms with Gasteiger partial charge in [-0.05, 0) is 79.6 Å². The van der Waals surface area contributed by atoms with Gasteiger partial charge in [-0.1, -0.05) is 12.1 Å². The number of hydrogen-bond acceptors (Lipinski definition) is 6. The average Bonchev–Trinajstić information content (AvgIpc) is 2.83. The van der Waals surface area contributed by atoms with E-state index in [0.717, 1.165) is 11.3 Å². The number of carbonyl (C=O) groups is 2. The Morgan fingerprint density at radius 2 is 1.50 bits per heavy atom. The molecule has 0 spiro atoms. The molecule has 3 aromatic rings. The fraction of sp³-hybridized carbons (Fsp3) is 0.167. The van der Waals surface area contributed by atoms with Gasteiger partial charge in [-0.25, -0.2) is 8.42 Å². The minimum absolute atomic E-state index is 0.0499. The molecule has 0 atom stereocenters. The third-order valence-electron chi connectivity index (χ3n) is 4.89. The summed E-state index contributed by atoms with van der Waals surface area (Å²) < 4.78 is 33.0. The van der Waals surface area contributed by atoms with Crippen LogP contribution in [0.15, 0.2) is 71.6 Å². The van der Waals surface area contributed by atoms with E-state index >= 15 is 0 Å². The van der Waals surface area contributed by atoms with Crippen molar-refractivity contribution < 1.29 is 22.7 Å². The Labute approximate surface area is 198 Å². The van der Waals surface area contributed by atoms with Crippen LogP contribution in [0, 0.1) is 13.8 Å². The number of benzene rings is 3. The van der Waals surface area contributed by atoms with Gasteiger partial charge in [-0.15, -0.1) is 0 Å². The normalized spacial score (nSPS) is 10.8. The van der Waals surface area contributed by atoms with Crippen LogP contribution in [0.25, 0.3) is 0 Å². The van der Waals surface area contributed by atoms with Crippen molar-refractivity contribution in [3.63, 3.8) is 0 Å². The second kappa shape index (κ2) is 10.7. The predicted molar refractivity (Wildman–Crippen MR) is 130 cm³/mol. The van der Waals surface area contributed by atoms with Gasteiger partial charge >= 0.3 is 0 Å². The number of hydrazine groups is 1.